The van der Waals surface area contributed by atoms with Gasteiger partial charge in [-0.25, -0.2) is 10.5 Å². The summed E-state index contributed by atoms with van der Waals surface area (Å²) in [5.74, 6) is 0.827. The van der Waals surface area contributed by atoms with E-state index in [1.54, 1.807) is 24.3 Å². The first-order chi connectivity index (χ1) is 12.6. The molecule has 6 nitrogen and oxygen atoms in total. The fourth-order valence-electron chi connectivity index (χ4n) is 2.90. The molecule has 134 valence electrons. The average Bonchev–Trinajstić information content (AvgIpc) is 2.65. The van der Waals surface area contributed by atoms with Gasteiger partial charge in [-0.05, 0) is 81.6 Å². The molecule has 0 amide bonds. The molecule has 0 saturated carbocycles. The van der Waals surface area contributed by atoms with Crippen LogP contribution in [0.4, 0.5) is 0 Å². The van der Waals surface area contributed by atoms with Gasteiger partial charge in [0.05, 0.1) is 0 Å². The van der Waals surface area contributed by atoms with Gasteiger partial charge in [-0.3, -0.25) is 0 Å². The van der Waals surface area contributed by atoms with E-state index in [1.165, 1.54) is 0 Å². The number of benzene rings is 3. The lowest BCUT2D eigenvalue weighted by Crippen LogP contribution is -1.93. The van der Waals surface area contributed by atoms with Crippen molar-refractivity contribution in [2.24, 2.45) is 0 Å². The zero-order valence-corrected chi connectivity index (χ0v) is 14.3. The van der Waals surface area contributed by atoms with Gasteiger partial charge in [0.1, 0.15) is 0 Å². The highest BCUT2D eigenvalue weighted by Gasteiger charge is 2.09. The second-order valence-corrected chi connectivity index (χ2v) is 5.85. The van der Waals surface area contributed by atoms with Gasteiger partial charge in [0.25, 0.3) is 0 Å². The summed E-state index contributed by atoms with van der Waals surface area (Å²) in [5, 5.41) is 24.0. The lowest BCUT2D eigenvalue weighted by Gasteiger charge is -2.13. The minimum atomic E-state index is 0.413. The van der Waals surface area contributed by atoms with Crippen LogP contribution in [0, 0.1) is 13.8 Å². The van der Waals surface area contributed by atoms with Gasteiger partial charge in [0.2, 0.25) is 0 Å². The summed E-state index contributed by atoms with van der Waals surface area (Å²) in [4.78, 5) is 9.15. The highest BCUT2D eigenvalue weighted by Crippen LogP contribution is 2.33. The van der Waals surface area contributed by atoms with Crippen molar-refractivity contribution in [1.82, 2.24) is 0 Å². The molecular weight excluding hydrogens is 336 g/mol. The Morgan fingerprint density at radius 2 is 0.923 bits per heavy atom. The van der Waals surface area contributed by atoms with Crippen molar-refractivity contribution >= 4 is 0 Å². The normalized spacial score (nSPS) is 10.6. The molecule has 0 aromatic heterocycles. The van der Waals surface area contributed by atoms with Crippen molar-refractivity contribution in [3.05, 3.63) is 71.8 Å². The van der Waals surface area contributed by atoms with Crippen LogP contribution in [0.25, 0.3) is 22.3 Å². The summed E-state index contributed by atoms with van der Waals surface area (Å²) in [5.41, 5.74) is 6.53. The highest BCUT2D eigenvalue weighted by atomic mass is 17.5. The minimum absolute atomic E-state index is 0.413. The SMILES string of the molecule is Cc1cc(-c2ccc(OOO)cc2)c(C)cc1-c1ccc(OOO)cc1. The summed E-state index contributed by atoms with van der Waals surface area (Å²) in [6.07, 6.45) is 0. The second-order valence-electron chi connectivity index (χ2n) is 5.85. The first-order valence-corrected chi connectivity index (χ1v) is 7.90. The van der Waals surface area contributed by atoms with E-state index >= 15 is 0 Å². The number of rotatable bonds is 6. The Kier molecular flexibility index (Phi) is 5.50. The zero-order valence-electron chi connectivity index (χ0n) is 14.3. The molecule has 0 aliphatic rings. The van der Waals surface area contributed by atoms with Crippen LogP contribution in [0.5, 0.6) is 11.5 Å². The number of hydrogen-bond donors (Lipinski definition) is 2. The van der Waals surface area contributed by atoms with Crippen molar-refractivity contribution in [3.8, 4) is 33.8 Å². The lowest BCUT2D eigenvalue weighted by atomic mass is 9.92. The van der Waals surface area contributed by atoms with E-state index < -0.39 is 0 Å². The molecule has 0 atom stereocenters. The molecule has 3 aromatic rings. The molecule has 3 aromatic carbocycles. The van der Waals surface area contributed by atoms with Crippen molar-refractivity contribution in [1.29, 1.82) is 0 Å². The van der Waals surface area contributed by atoms with Crippen LogP contribution in [0.3, 0.4) is 0 Å². The standard InChI is InChI=1S/C20H18O6/c1-13-11-20(16-5-9-18(10-6-16)24-26-22)14(2)12-19(13)15-3-7-17(8-4-15)23-25-21/h3-12,21-22H,1-2H3. The molecule has 26 heavy (non-hydrogen) atoms. The Labute approximate surface area is 150 Å². The molecule has 0 aliphatic carbocycles. The Bertz CT molecular complexity index is 797. The maximum absolute atomic E-state index is 8.32. The monoisotopic (exact) mass is 354 g/mol. The fourth-order valence-corrected chi connectivity index (χ4v) is 2.90. The van der Waals surface area contributed by atoms with Gasteiger partial charge in [0, 0.05) is 0 Å². The summed E-state index contributed by atoms with van der Waals surface area (Å²) >= 11 is 0. The Hall–Kier alpha value is -2.90. The highest BCUT2D eigenvalue weighted by molar-refractivity contribution is 5.76. The van der Waals surface area contributed by atoms with Gasteiger partial charge in [-0.15, -0.1) is 0 Å². The van der Waals surface area contributed by atoms with Crippen LogP contribution >= 0.6 is 0 Å². The molecule has 0 radical (unpaired) electrons. The van der Waals surface area contributed by atoms with E-state index in [4.69, 9.17) is 10.5 Å². The second kappa shape index (κ2) is 7.99. The van der Waals surface area contributed by atoms with Crippen LogP contribution in [-0.2, 0) is 10.1 Å². The van der Waals surface area contributed by atoms with Gasteiger partial charge in [0.15, 0.2) is 11.5 Å². The lowest BCUT2D eigenvalue weighted by molar-refractivity contribution is -0.438. The number of hydrogen-bond acceptors (Lipinski definition) is 6. The van der Waals surface area contributed by atoms with Crippen molar-refractivity contribution in [2.45, 2.75) is 13.8 Å². The smallest absolute Gasteiger partial charge is 0.168 e. The maximum Gasteiger partial charge on any atom is 0.168 e. The predicted molar refractivity (Wildman–Crippen MR) is 95.5 cm³/mol. The van der Waals surface area contributed by atoms with E-state index in [-0.39, 0.29) is 0 Å². The van der Waals surface area contributed by atoms with E-state index in [2.05, 4.69) is 45.8 Å². The van der Waals surface area contributed by atoms with Crippen LogP contribution in [0.15, 0.2) is 60.7 Å². The molecule has 0 heterocycles. The molecule has 2 N–H and O–H groups in total. The van der Waals surface area contributed by atoms with Gasteiger partial charge in [-0.1, -0.05) is 36.4 Å². The summed E-state index contributed by atoms with van der Waals surface area (Å²) in [6, 6.07) is 18.7. The van der Waals surface area contributed by atoms with Gasteiger partial charge >= 0.3 is 0 Å². The van der Waals surface area contributed by atoms with Gasteiger partial charge in [-0.2, -0.15) is 0 Å². The van der Waals surface area contributed by atoms with Crippen molar-refractivity contribution in [2.75, 3.05) is 0 Å². The van der Waals surface area contributed by atoms with E-state index in [0.29, 0.717) is 11.5 Å². The third-order valence-electron chi connectivity index (χ3n) is 4.17. The largest absolute Gasteiger partial charge is 0.308 e. The topological polar surface area (TPSA) is 77.4 Å². The van der Waals surface area contributed by atoms with Crippen LogP contribution in [0.1, 0.15) is 11.1 Å². The molecular formula is C20H18O6. The van der Waals surface area contributed by atoms with Crippen LogP contribution < -0.4 is 9.78 Å². The van der Waals surface area contributed by atoms with E-state index in [0.717, 1.165) is 33.4 Å². The first kappa shape index (κ1) is 17.9. The maximum atomic E-state index is 8.32. The molecule has 0 fully saturated rings. The van der Waals surface area contributed by atoms with Crippen LogP contribution in [0.2, 0.25) is 0 Å². The molecule has 0 aliphatic heterocycles. The zero-order chi connectivity index (χ0) is 18.5. The minimum Gasteiger partial charge on any atom is -0.308 e. The first-order valence-electron chi connectivity index (χ1n) is 7.90. The molecule has 6 heteroatoms. The third kappa shape index (κ3) is 3.84. The molecule has 3 rings (SSSR count). The van der Waals surface area contributed by atoms with E-state index in [9.17, 15) is 0 Å². The third-order valence-corrected chi connectivity index (χ3v) is 4.17. The van der Waals surface area contributed by atoms with Gasteiger partial charge < -0.3 is 9.78 Å². The molecule has 0 spiro atoms. The summed E-state index contributed by atoms with van der Waals surface area (Å²) in [6.45, 7) is 4.10. The summed E-state index contributed by atoms with van der Waals surface area (Å²) < 4.78 is 0. The van der Waals surface area contributed by atoms with E-state index in [1.807, 2.05) is 24.3 Å². The number of aryl methyl sites for hydroxylation is 2. The average molecular weight is 354 g/mol. The molecule has 0 bridgehead atoms. The Morgan fingerprint density at radius 3 is 1.23 bits per heavy atom. The molecule has 0 unspecified atom stereocenters. The Morgan fingerprint density at radius 1 is 0.577 bits per heavy atom. The van der Waals surface area contributed by atoms with Crippen LogP contribution in [-0.4, -0.2) is 10.5 Å². The van der Waals surface area contributed by atoms with Crippen molar-refractivity contribution < 1.29 is 30.4 Å². The quantitative estimate of drug-likeness (QED) is 0.468. The predicted octanol–water partition coefficient (Wildman–Crippen LogP) is 5.20. The fraction of sp³-hybridized carbons (Fsp3) is 0.100. The van der Waals surface area contributed by atoms with Crippen molar-refractivity contribution in [3.63, 3.8) is 0 Å². The Balaban J connectivity index is 1.92. The summed E-state index contributed by atoms with van der Waals surface area (Å²) in [7, 11) is 0. The molecule has 0 saturated heterocycles.